The number of hydrogen-bond acceptors (Lipinski definition) is 3. The maximum atomic E-state index is 12.6. The monoisotopic (exact) mass is 344 g/mol. The highest BCUT2D eigenvalue weighted by atomic mass is 16.1. The van der Waals surface area contributed by atoms with Crippen LogP contribution in [0.4, 0.5) is 0 Å². The van der Waals surface area contributed by atoms with Gasteiger partial charge in [0.05, 0.1) is 27.8 Å². The fraction of sp³-hybridized carbons (Fsp3) is 0.190. The van der Waals surface area contributed by atoms with Gasteiger partial charge < -0.3 is 10.3 Å². The highest BCUT2D eigenvalue weighted by Gasteiger charge is 2.12. The lowest BCUT2D eigenvalue weighted by molar-refractivity contribution is 0.0953. The highest BCUT2D eigenvalue weighted by molar-refractivity contribution is 5.98. The topological polar surface area (TPSA) is 70.7 Å². The lowest BCUT2D eigenvalue weighted by atomic mass is 10.1. The Morgan fingerprint density at radius 2 is 1.88 bits per heavy atom. The summed E-state index contributed by atoms with van der Waals surface area (Å²) in [7, 11) is 0. The van der Waals surface area contributed by atoms with Gasteiger partial charge in [-0.1, -0.05) is 23.8 Å². The number of rotatable bonds is 4. The molecule has 0 saturated carbocycles. The van der Waals surface area contributed by atoms with E-state index < -0.39 is 0 Å². The fourth-order valence-corrected chi connectivity index (χ4v) is 3.14. The molecule has 0 radical (unpaired) electrons. The molecule has 0 spiro atoms. The number of amides is 1. The zero-order valence-electron chi connectivity index (χ0n) is 14.8. The number of aromatic amines is 1. The fourth-order valence-electron chi connectivity index (χ4n) is 3.14. The Labute approximate surface area is 151 Å². The van der Waals surface area contributed by atoms with E-state index in [4.69, 9.17) is 0 Å². The van der Waals surface area contributed by atoms with E-state index >= 15 is 0 Å². The number of hydrogen-bond donors (Lipinski definition) is 2. The Hall–Kier alpha value is -3.21. The van der Waals surface area contributed by atoms with E-state index in [1.165, 1.54) is 0 Å². The van der Waals surface area contributed by atoms with Gasteiger partial charge in [-0.3, -0.25) is 9.78 Å². The minimum absolute atomic E-state index is 0.102. The SMILES string of the molecule is Cc1ccc2nc(C)c(C(=O)NCCc3nc4ccccc4[nH]3)cc2c1. The van der Waals surface area contributed by atoms with Crippen LogP contribution in [0.5, 0.6) is 0 Å². The third-order valence-corrected chi connectivity index (χ3v) is 4.49. The maximum absolute atomic E-state index is 12.6. The van der Waals surface area contributed by atoms with Gasteiger partial charge in [0, 0.05) is 18.4 Å². The van der Waals surface area contributed by atoms with E-state index in [-0.39, 0.29) is 5.91 Å². The van der Waals surface area contributed by atoms with Crippen LogP contribution in [-0.4, -0.2) is 27.4 Å². The van der Waals surface area contributed by atoms with E-state index in [9.17, 15) is 4.79 Å². The molecule has 4 aromatic rings. The number of aryl methyl sites for hydroxylation is 2. The van der Waals surface area contributed by atoms with Crippen LogP contribution in [0.15, 0.2) is 48.5 Å². The number of pyridine rings is 1. The standard InChI is InChI=1S/C21H20N4O/c1-13-7-8-17-15(11-13)12-16(14(2)23-17)21(26)22-10-9-20-24-18-5-3-4-6-19(18)25-20/h3-8,11-12H,9-10H2,1-2H3,(H,22,26)(H,24,25). The molecule has 5 nitrogen and oxygen atoms in total. The van der Waals surface area contributed by atoms with Gasteiger partial charge in [0.1, 0.15) is 5.82 Å². The van der Waals surface area contributed by atoms with Crippen LogP contribution in [0.1, 0.15) is 27.4 Å². The number of nitrogens with one attached hydrogen (secondary N) is 2. The molecule has 2 aromatic heterocycles. The molecule has 0 aliphatic carbocycles. The quantitative estimate of drug-likeness (QED) is 0.593. The van der Waals surface area contributed by atoms with Crippen molar-refractivity contribution in [1.29, 1.82) is 0 Å². The van der Waals surface area contributed by atoms with Crippen molar-refractivity contribution in [1.82, 2.24) is 20.3 Å². The summed E-state index contributed by atoms with van der Waals surface area (Å²) < 4.78 is 0. The van der Waals surface area contributed by atoms with E-state index in [1.54, 1.807) is 0 Å². The predicted octanol–water partition coefficient (Wildman–Crippen LogP) is 3.70. The summed E-state index contributed by atoms with van der Waals surface area (Å²) in [6, 6.07) is 15.9. The normalized spacial score (nSPS) is 11.2. The predicted molar refractivity (Wildman–Crippen MR) is 103 cm³/mol. The largest absolute Gasteiger partial charge is 0.352 e. The molecule has 2 heterocycles. The smallest absolute Gasteiger partial charge is 0.253 e. The number of H-pyrrole nitrogens is 1. The average molecular weight is 344 g/mol. The number of benzene rings is 2. The van der Waals surface area contributed by atoms with Crippen molar-refractivity contribution in [2.24, 2.45) is 0 Å². The Kier molecular flexibility index (Phi) is 4.13. The molecule has 0 atom stereocenters. The molecular formula is C21H20N4O. The minimum Gasteiger partial charge on any atom is -0.352 e. The summed E-state index contributed by atoms with van der Waals surface area (Å²) in [5.41, 5.74) is 5.37. The first-order chi connectivity index (χ1) is 12.6. The molecule has 2 aromatic carbocycles. The molecule has 0 bridgehead atoms. The minimum atomic E-state index is -0.102. The molecular weight excluding hydrogens is 324 g/mol. The first-order valence-electron chi connectivity index (χ1n) is 8.70. The van der Waals surface area contributed by atoms with Gasteiger partial charge in [0.2, 0.25) is 0 Å². The number of carbonyl (C=O) groups is 1. The third-order valence-electron chi connectivity index (χ3n) is 4.49. The molecule has 5 heteroatoms. The Morgan fingerprint density at radius 3 is 2.73 bits per heavy atom. The second-order valence-corrected chi connectivity index (χ2v) is 6.52. The summed E-state index contributed by atoms with van der Waals surface area (Å²) in [5, 5.41) is 3.96. The number of aromatic nitrogens is 3. The molecule has 2 N–H and O–H groups in total. The van der Waals surface area contributed by atoms with Crippen molar-refractivity contribution in [3.8, 4) is 0 Å². The summed E-state index contributed by atoms with van der Waals surface area (Å²) in [5.74, 6) is 0.769. The molecule has 1 amide bonds. The van der Waals surface area contributed by atoms with Gasteiger partial charge in [0.15, 0.2) is 0 Å². The molecule has 26 heavy (non-hydrogen) atoms. The van der Waals surface area contributed by atoms with E-state index in [0.29, 0.717) is 18.5 Å². The van der Waals surface area contributed by atoms with Gasteiger partial charge in [-0.05, 0) is 44.2 Å². The number of nitrogens with zero attached hydrogens (tertiary/aromatic N) is 2. The third kappa shape index (κ3) is 3.16. The van der Waals surface area contributed by atoms with Crippen LogP contribution in [0.3, 0.4) is 0 Å². The molecule has 0 saturated heterocycles. The first kappa shape index (κ1) is 16.3. The van der Waals surface area contributed by atoms with Crippen LogP contribution < -0.4 is 5.32 Å². The van der Waals surface area contributed by atoms with Crippen LogP contribution in [0, 0.1) is 13.8 Å². The molecule has 0 unspecified atom stereocenters. The summed E-state index contributed by atoms with van der Waals surface area (Å²) in [4.78, 5) is 24.9. The number of fused-ring (bicyclic) bond motifs is 2. The van der Waals surface area contributed by atoms with Gasteiger partial charge in [-0.15, -0.1) is 0 Å². The van der Waals surface area contributed by atoms with Crippen LogP contribution >= 0.6 is 0 Å². The Morgan fingerprint density at radius 1 is 1.04 bits per heavy atom. The van der Waals surface area contributed by atoms with Crippen molar-refractivity contribution in [3.05, 3.63) is 71.2 Å². The Balaban J connectivity index is 1.47. The van der Waals surface area contributed by atoms with E-state index in [2.05, 4.69) is 20.3 Å². The average Bonchev–Trinajstić information content (AvgIpc) is 3.04. The Bertz CT molecular complexity index is 1080. The molecule has 0 aliphatic heterocycles. The lowest BCUT2D eigenvalue weighted by Crippen LogP contribution is -2.26. The molecule has 0 aliphatic rings. The molecule has 130 valence electrons. The maximum Gasteiger partial charge on any atom is 0.253 e. The number of para-hydroxylation sites is 2. The number of carbonyl (C=O) groups excluding carboxylic acids is 1. The highest BCUT2D eigenvalue weighted by Crippen LogP contribution is 2.18. The van der Waals surface area contributed by atoms with Crippen molar-refractivity contribution in [2.75, 3.05) is 6.54 Å². The van der Waals surface area contributed by atoms with E-state index in [1.807, 2.05) is 62.4 Å². The summed E-state index contributed by atoms with van der Waals surface area (Å²) in [6.45, 7) is 4.42. The lowest BCUT2D eigenvalue weighted by Gasteiger charge is -2.09. The zero-order valence-corrected chi connectivity index (χ0v) is 14.8. The van der Waals surface area contributed by atoms with Crippen LogP contribution in [-0.2, 0) is 6.42 Å². The van der Waals surface area contributed by atoms with Gasteiger partial charge in [0.25, 0.3) is 5.91 Å². The van der Waals surface area contributed by atoms with Crippen molar-refractivity contribution >= 4 is 27.8 Å². The first-order valence-corrected chi connectivity index (χ1v) is 8.70. The second-order valence-electron chi connectivity index (χ2n) is 6.52. The van der Waals surface area contributed by atoms with Crippen LogP contribution in [0.25, 0.3) is 21.9 Å². The second kappa shape index (κ2) is 6.59. The van der Waals surface area contributed by atoms with Crippen molar-refractivity contribution in [2.45, 2.75) is 20.3 Å². The van der Waals surface area contributed by atoms with Gasteiger partial charge >= 0.3 is 0 Å². The van der Waals surface area contributed by atoms with Crippen molar-refractivity contribution in [3.63, 3.8) is 0 Å². The zero-order chi connectivity index (χ0) is 18.1. The number of imidazole rings is 1. The van der Waals surface area contributed by atoms with Gasteiger partial charge in [-0.25, -0.2) is 4.98 Å². The molecule has 4 rings (SSSR count). The van der Waals surface area contributed by atoms with E-state index in [0.717, 1.165) is 39.0 Å². The van der Waals surface area contributed by atoms with Crippen molar-refractivity contribution < 1.29 is 4.79 Å². The van der Waals surface area contributed by atoms with Gasteiger partial charge in [-0.2, -0.15) is 0 Å². The molecule has 0 fully saturated rings. The van der Waals surface area contributed by atoms with Crippen LogP contribution in [0.2, 0.25) is 0 Å². The summed E-state index contributed by atoms with van der Waals surface area (Å²) >= 11 is 0. The summed E-state index contributed by atoms with van der Waals surface area (Å²) in [6.07, 6.45) is 0.652.